The number of amides is 1. The molecule has 0 spiro atoms. The van der Waals surface area contributed by atoms with Gasteiger partial charge in [-0.25, -0.2) is 18.0 Å². The summed E-state index contributed by atoms with van der Waals surface area (Å²) in [5.74, 6) is -4.57. The third kappa shape index (κ3) is 4.63. The van der Waals surface area contributed by atoms with Gasteiger partial charge in [0, 0.05) is 6.07 Å². The summed E-state index contributed by atoms with van der Waals surface area (Å²) in [7, 11) is 1.03. The summed E-state index contributed by atoms with van der Waals surface area (Å²) in [6.07, 6.45) is 0. The summed E-state index contributed by atoms with van der Waals surface area (Å²) >= 11 is 5.74. The molecule has 0 heterocycles. The highest BCUT2D eigenvalue weighted by Crippen LogP contribution is 2.25. The molecule has 2 aromatic carbocycles. The lowest BCUT2D eigenvalue weighted by molar-refractivity contribution is -0.118. The Balaban J connectivity index is 2.08. The van der Waals surface area contributed by atoms with Crippen LogP contribution in [-0.2, 0) is 9.53 Å². The number of benzene rings is 2. The molecule has 2 rings (SSSR count). The fourth-order valence-corrected chi connectivity index (χ4v) is 2.05. The minimum Gasteiger partial charge on any atom is -0.482 e. The zero-order valence-electron chi connectivity index (χ0n) is 12.7. The maximum atomic E-state index is 13.7. The van der Waals surface area contributed by atoms with Crippen molar-refractivity contribution in [3.8, 4) is 5.75 Å². The van der Waals surface area contributed by atoms with Gasteiger partial charge in [-0.15, -0.1) is 0 Å². The molecule has 0 aliphatic carbocycles. The number of ether oxygens (including phenoxy) is 2. The van der Waals surface area contributed by atoms with E-state index in [1.807, 2.05) is 0 Å². The van der Waals surface area contributed by atoms with E-state index in [-0.39, 0.29) is 10.8 Å². The Hall–Kier alpha value is -2.74. The third-order valence-corrected chi connectivity index (χ3v) is 3.28. The van der Waals surface area contributed by atoms with E-state index in [9.17, 15) is 22.8 Å². The van der Waals surface area contributed by atoms with E-state index < -0.39 is 47.2 Å². The molecule has 0 bridgehead atoms. The van der Waals surface area contributed by atoms with Crippen molar-refractivity contribution >= 4 is 29.2 Å². The van der Waals surface area contributed by atoms with E-state index in [1.54, 1.807) is 0 Å². The number of hydrogen-bond donors (Lipinski definition) is 1. The molecule has 0 saturated heterocycles. The van der Waals surface area contributed by atoms with Crippen LogP contribution in [0.1, 0.15) is 10.4 Å². The average molecular weight is 374 g/mol. The van der Waals surface area contributed by atoms with E-state index in [0.717, 1.165) is 25.3 Å². The molecule has 1 N–H and O–H groups in total. The number of methoxy groups -OCH3 is 1. The van der Waals surface area contributed by atoms with Crippen molar-refractivity contribution in [2.75, 3.05) is 19.0 Å². The maximum absolute atomic E-state index is 13.7. The van der Waals surface area contributed by atoms with Crippen LogP contribution >= 0.6 is 11.6 Å². The standard InChI is InChI=1S/C16H11ClF3NO4/c1-24-16(23)9-5-13(12(20)6-11(9)19)21-15(22)7-25-14-3-2-8(18)4-10(14)17/h2-6H,7H2,1H3,(H,21,22). The fourth-order valence-electron chi connectivity index (χ4n) is 1.83. The van der Waals surface area contributed by atoms with Gasteiger partial charge >= 0.3 is 5.97 Å². The van der Waals surface area contributed by atoms with Gasteiger partial charge in [-0.3, -0.25) is 4.79 Å². The first-order chi connectivity index (χ1) is 11.8. The lowest BCUT2D eigenvalue weighted by Crippen LogP contribution is -2.21. The quantitative estimate of drug-likeness (QED) is 0.814. The van der Waals surface area contributed by atoms with Gasteiger partial charge in [-0.2, -0.15) is 0 Å². The second-order valence-electron chi connectivity index (χ2n) is 4.72. The van der Waals surface area contributed by atoms with Crippen LogP contribution in [0.2, 0.25) is 5.02 Å². The maximum Gasteiger partial charge on any atom is 0.340 e. The SMILES string of the molecule is COC(=O)c1cc(NC(=O)COc2ccc(F)cc2Cl)c(F)cc1F. The van der Waals surface area contributed by atoms with Gasteiger partial charge in [-0.05, 0) is 24.3 Å². The molecule has 2 aromatic rings. The average Bonchev–Trinajstić information content (AvgIpc) is 2.55. The van der Waals surface area contributed by atoms with Crippen LogP contribution in [0.5, 0.6) is 5.75 Å². The summed E-state index contributed by atoms with van der Waals surface area (Å²) in [6.45, 7) is -0.574. The van der Waals surface area contributed by atoms with Crippen molar-refractivity contribution in [2.24, 2.45) is 0 Å². The van der Waals surface area contributed by atoms with Crippen LogP contribution < -0.4 is 10.1 Å². The molecule has 25 heavy (non-hydrogen) atoms. The van der Waals surface area contributed by atoms with Crippen LogP contribution in [0.3, 0.4) is 0 Å². The Bertz CT molecular complexity index is 829. The molecule has 132 valence electrons. The van der Waals surface area contributed by atoms with Crippen LogP contribution in [0.4, 0.5) is 18.9 Å². The molecule has 0 radical (unpaired) electrons. The first-order valence-electron chi connectivity index (χ1n) is 6.77. The number of hydrogen-bond acceptors (Lipinski definition) is 4. The summed E-state index contributed by atoms with van der Waals surface area (Å²) in [6, 6.07) is 4.55. The number of nitrogens with one attached hydrogen (secondary N) is 1. The monoisotopic (exact) mass is 373 g/mol. The number of carbonyl (C=O) groups is 2. The molecule has 0 atom stereocenters. The second kappa shape index (κ2) is 7.89. The van der Waals surface area contributed by atoms with Crippen molar-refractivity contribution in [1.82, 2.24) is 0 Å². The Morgan fingerprint density at radius 2 is 1.84 bits per heavy atom. The first kappa shape index (κ1) is 18.6. The highest BCUT2D eigenvalue weighted by Gasteiger charge is 2.18. The molecule has 0 unspecified atom stereocenters. The van der Waals surface area contributed by atoms with Crippen molar-refractivity contribution < 1.29 is 32.2 Å². The second-order valence-corrected chi connectivity index (χ2v) is 5.12. The minimum absolute atomic E-state index is 0.0475. The zero-order valence-corrected chi connectivity index (χ0v) is 13.5. The first-order valence-corrected chi connectivity index (χ1v) is 7.14. The molecular formula is C16H11ClF3NO4. The molecule has 1 amide bonds. The summed E-state index contributed by atoms with van der Waals surface area (Å²) < 4.78 is 49.6. The number of halogens is 4. The topological polar surface area (TPSA) is 64.6 Å². The molecule has 0 saturated carbocycles. The highest BCUT2D eigenvalue weighted by atomic mass is 35.5. The van der Waals surface area contributed by atoms with Crippen LogP contribution in [0.25, 0.3) is 0 Å². The van der Waals surface area contributed by atoms with Gasteiger partial charge in [0.1, 0.15) is 23.2 Å². The molecule has 0 fully saturated rings. The lowest BCUT2D eigenvalue weighted by Gasteiger charge is -2.11. The Kier molecular flexibility index (Phi) is 5.87. The fraction of sp³-hybridized carbons (Fsp3) is 0.125. The smallest absolute Gasteiger partial charge is 0.340 e. The van der Waals surface area contributed by atoms with Crippen molar-refractivity contribution in [1.29, 1.82) is 0 Å². The Labute approximate surface area is 145 Å². The minimum atomic E-state index is -1.13. The van der Waals surface area contributed by atoms with Crippen LogP contribution in [0.15, 0.2) is 30.3 Å². The summed E-state index contributed by atoms with van der Waals surface area (Å²) in [4.78, 5) is 23.2. The molecule has 0 aliphatic rings. The van der Waals surface area contributed by atoms with Gasteiger partial charge in [0.05, 0.1) is 23.4 Å². The van der Waals surface area contributed by atoms with Gasteiger partial charge < -0.3 is 14.8 Å². The van der Waals surface area contributed by atoms with E-state index in [0.29, 0.717) is 6.07 Å². The highest BCUT2D eigenvalue weighted by molar-refractivity contribution is 6.32. The van der Waals surface area contributed by atoms with Gasteiger partial charge in [0.2, 0.25) is 0 Å². The predicted molar refractivity (Wildman–Crippen MR) is 83.2 cm³/mol. The van der Waals surface area contributed by atoms with E-state index in [1.165, 1.54) is 6.07 Å². The van der Waals surface area contributed by atoms with E-state index in [2.05, 4.69) is 10.1 Å². The van der Waals surface area contributed by atoms with E-state index >= 15 is 0 Å². The summed E-state index contributed by atoms with van der Waals surface area (Å²) in [5.41, 5.74) is -0.970. The van der Waals surface area contributed by atoms with Crippen molar-refractivity contribution in [2.45, 2.75) is 0 Å². The van der Waals surface area contributed by atoms with Crippen molar-refractivity contribution in [3.63, 3.8) is 0 Å². The van der Waals surface area contributed by atoms with Gasteiger partial charge in [0.25, 0.3) is 5.91 Å². The third-order valence-electron chi connectivity index (χ3n) is 2.99. The molecule has 9 heteroatoms. The predicted octanol–water partition coefficient (Wildman–Crippen LogP) is 3.56. The normalized spacial score (nSPS) is 10.3. The number of anilines is 1. The number of esters is 1. The zero-order chi connectivity index (χ0) is 18.6. The van der Waals surface area contributed by atoms with E-state index in [4.69, 9.17) is 16.3 Å². The molecule has 0 aliphatic heterocycles. The Morgan fingerprint density at radius 1 is 1.12 bits per heavy atom. The largest absolute Gasteiger partial charge is 0.482 e. The van der Waals surface area contributed by atoms with Crippen LogP contribution in [0, 0.1) is 17.5 Å². The van der Waals surface area contributed by atoms with Gasteiger partial charge in [0.15, 0.2) is 6.61 Å². The number of carbonyl (C=O) groups excluding carboxylic acids is 2. The lowest BCUT2D eigenvalue weighted by atomic mass is 10.1. The number of rotatable bonds is 5. The summed E-state index contributed by atoms with van der Waals surface area (Å²) in [5, 5.41) is 2.08. The van der Waals surface area contributed by atoms with Crippen molar-refractivity contribution in [3.05, 3.63) is 58.4 Å². The molecule has 0 aromatic heterocycles. The van der Waals surface area contributed by atoms with Gasteiger partial charge in [-0.1, -0.05) is 11.6 Å². The Morgan fingerprint density at radius 3 is 2.48 bits per heavy atom. The molecule has 5 nitrogen and oxygen atoms in total. The van der Waals surface area contributed by atoms with Crippen LogP contribution in [-0.4, -0.2) is 25.6 Å². The molecular weight excluding hydrogens is 363 g/mol.